The van der Waals surface area contributed by atoms with E-state index >= 15 is 0 Å². The fourth-order valence-electron chi connectivity index (χ4n) is 4.14. The SMILES string of the molecule is CCCOC1CCC(C(=O)O)(c2ccc(CCc3ccc(F)c(F)c3)cc2)CC1. The molecule has 0 aliphatic heterocycles. The molecule has 0 saturated heterocycles. The summed E-state index contributed by atoms with van der Waals surface area (Å²) in [6.45, 7) is 2.79. The zero-order valence-electron chi connectivity index (χ0n) is 16.8. The van der Waals surface area contributed by atoms with Crippen LogP contribution in [0, 0.1) is 11.6 Å². The van der Waals surface area contributed by atoms with Crippen LogP contribution in [-0.2, 0) is 27.8 Å². The van der Waals surface area contributed by atoms with Crippen LogP contribution < -0.4 is 0 Å². The maximum atomic E-state index is 13.3. The molecule has 2 aromatic carbocycles. The summed E-state index contributed by atoms with van der Waals surface area (Å²) in [7, 11) is 0. The zero-order valence-corrected chi connectivity index (χ0v) is 16.8. The average Bonchev–Trinajstić information content (AvgIpc) is 2.73. The molecule has 1 N–H and O–H groups in total. The van der Waals surface area contributed by atoms with E-state index in [0.29, 0.717) is 25.7 Å². The highest BCUT2D eigenvalue weighted by Crippen LogP contribution is 2.40. The number of hydrogen-bond donors (Lipinski definition) is 1. The third-order valence-electron chi connectivity index (χ3n) is 5.95. The summed E-state index contributed by atoms with van der Waals surface area (Å²) in [4.78, 5) is 12.1. The van der Waals surface area contributed by atoms with E-state index in [-0.39, 0.29) is 6.10 Å². The number of carboxylic acid groups (broad SMARTS) is 1. The quantitative estimate of drug-likeness (QED) is 0.639. The van der Waals surface area contributed by atoms with E-state index in [4.69, 9.17) is 4.74 Å². The predicted octanol–water partition coefficient (Wildman–Crippen LogP) is 5.44. The highest BCUT2D eigenvalue weighted by molar-refractivity contribution is 5.81. The third-order valence-corrected chi connectivity index (χ3v) is 5.95. The summed E-state index contributed by atoms with van der Waals surface area (Å²) in [5.74, 6) is -2.45. The summed E-state index contributed by atoms with van der Waals surface area (Å²) in [5.41, 5.74) is 1.75. The van der Waals surface area contributed by atoms with Crippen molar-refractivity contribution >= 4 is 5.97 Å². The number of hydrogen-bond acceptors (Lipinski definition) is 2. The fraction of sp³-hybridized carbons (Fsp3) is 0.458. The molecule has 0 unspecified atom stereocenters. The number of halogens is 2. The smallest absolute Gasteiger partial charge is 0.314 e. The highest BCUT2D eigenvalue weighted by Gasteiger charge is 2.43. The van der Waals surface area contributed by atoms with E-state index in [2.05, 4.69) is 6.92 Å². The van der Waals surface area contributed by atoms with Gasteiger partial charge in [0.15, 0.2) is 11.6 Å². The molecule has 1 saturated carbocycles. The molecule has 0 bridgehead atoms. The fourth-order valence-corrected chi connectivity index (χ4v) is 4.14. The Bertz CT molecular complexity index is 825. The first kappa shape index (κ1) is 21.4. The Kier molecular flexibility index (Phi) is 7.01. The van der Waals surface area contributed by atoms with Gasteiger partial charge in [-0.25, -0.2) is 8.78 Å². The number of rotatable bonds is 8. The number of carbonyl (C=O) groups is 1. The Hall–Kier alpha value is -2.27. The second-order valence-electron chi connectivity index (χ2n) is 7.90. The molecule has 0 amide bonds. The summed E-state index contributed by atoms with van der Waals surface area (Å²) < 4.78 is 32.2. The standard InChI is InChI=1S/C24H28F2O3/c1-2-15-29-20-11-13-24(14-12-20,23(27)28)19-8-5-17(6-9-19)3-4-18-7-10-21(25)22(26)16-18/h5-10,16,20H,2-4,11-15H2,1H3,(H,27,28). The molecule has 156 valence electrons. The largest absolute Gasteiger partial charge is 0.481 e. The zero-order chi connectivity index (χ0) is 20.9. The minimum absolute atomic E-state index is 0.151. The molecule has 0 spiro atoms. The number of carboxylic acids is 1. The molecule has 0 radical (unpaired) electrons. The number of aryl methyl sites for hydroxylation is 2. The molecule has 1 aliphatic rings. The van der Waals surface area contributed by atoms with Gasteiger partial charge < -0.3 is 9.84 Å². The van der Waals surface area contributed by atoms with Crippen molar-refractivity contribution in [1.29, 1.82) is 0 Å². The molecule has 0 atom stereocenters. The summed E-state index contributed by atoms with van der Waals surface area (Å²) in [6.07, 6.45) is 5.05. The first-order valence-electron chi connectivity index (χ1n) is 10.3. The molecule has 3 nitrogen and oxygen atoms in total. The van der Waals surface area contributed by atoms with Gasteiger partial charge in [-0.1, -0.05) is 37.3 Å². The topological polar surface area (TPSA) is 46.5 Å². The van der Waals surface area contributed by atoms with Crippen molar-refractivity contribution in [3.8, 4) is 0 Å². The molecule has 5 heteroatoms. The Morgan fingerprint density at radius 3 is 2.24 bits per heavy atom. The summed E-state index contributed by atoms with van der Waals surface area (Å²) >= 11 is 0. The van der Waals surface area contributed by atoms with Gasteiger partial charge in [-0.15, -0.1) is 0 Å². The van der Waals surface area contributed by atoms with Gasteiger partial charge in [-0.3, -0.25) is 4.79 Å². The van der Waals surface area contributed by atoms with Crippen LogP contribution in [0.5, 0.6) is 0 Å². The van der Waals surface area contributed by atoms with E-state index in [9.17, 15) is 18.7 Å². The maximum absolute atomic E-state index is 13.3. The van der Waals surface area contributed by atoms with Gasteiger partial charge in [0.25, 0.3) is 0 Å². The van der Waals surface area contributed by atoms with Crippen LogP contribution >= 0.6 is 0 Å². The van der Waals surface area contributed by atoms with E-state index < -0.39 is 23.0 Å². The highest BCUT2D eigenvalue weighted by atomic mass is 19.2. The number of benzene rings is 2. The van der Waals surface area contributed by atoms with Crippen molar-refractivity contribution in [2.24, 2.45) is 0 Å². The normalized spacial score (nSPS) is 21.8. The monoisotopic (exact) mass is 402 g/mol. The van der Waals surface area contributed by atoms with Crippen molar-refractivity contribution in [3.05, 3.63) is 70.8 Å². The van der Waals surface area contributed by atoms with Gasteiger partial charge in [-0.05, 0) is 73.8 Å². The average molecular weight is 402 g/mol. The van der Waals surface area contributed by atoms with E-state index in [0.717, 1.165) is 48.6 Å². The lowest BCUT2D eigenvalue weighted by Gasteiger charge is -2.37. The minimum Gasteiger partial charge on any atom is -0.481 e. The lowest BCUT2D eigenvalue weighted by atomic mass is 9.68. The Balaban J connectivity index is 1.65. The van der Waals surface area contributed by atoms with Crippen LogP contribution in [0.4, 0.5) is 8.78 Å². The summed E-state index contributed by atoms with van der Waals surface area (Å²) in [5, 5.41) is 9.97. The van der Waals surface area contributed by atoms with Gasteiger partial charge in [0.05, 0.1) is 11.5 Å². The minimum atomic E-state index is -0.856. The molecule has 3 rings (SSSR count). The molecule has 1 fully saturated rings. The lowest BCUT2D eigenvalue weighted by Crippen LogP contribution is -2.41. The molecular formula is C24H28F2O3. The van der Waals surface area contributed by atoms with Crippen molar-refractivity contribution in [2.45, 2.75) is 63.4 Å². The predicted molar refractivity (Wildman–Crippen MR) is 108 cm³/mol. The number of aliphatic carboxylic acids is 1. The molecule has 0 heterocycles. The van der Waals surface area contributed by atoms with Crippen molar-refractivity contribution in [2.75, 3.05) is 6.61 Å². The van der Waals surface area contributed by atoms with Crippen LogP contribution in [0.3, 0.4) is 0 Å². The van der Waals surface area contributed by atoms with Gasteiger partial charge >= 0.3 is 5.97 Å². The van der Waals surface area contributed by atoms with Crippen LogP contribution in [0.2, 0.25) is 0 Å². The van der Waals surface area contributed by atoms with Gasteiger partial charge in [0.2, 0.25) is 0 Å². The van der Waals surface area contributed by atoms with Gasteiger partial charge in [0.1, 0.15) is 0 Å². The molecule has 2 aromatic rings. The van der Waals surface area contributed by atoms with E-state index in [1.807, 2.05) is 24.3 Å². The van der Waals surface area contributed by atoms with Crippen LogP contribution in [-0.4, -0.2) is 23.8 Å². The molecule has 0 aromatic heterocycles. The Labute approximate surface area is 170 Å². The first-order valence-corrected chi connectivity index (χ1v) is 10.3. The number of ether oxygens (including phenoxy) is 1. The van der Waals surface area contributed by atoms with Crippen molar-refractivity contribution in [1.82, 2.24) is 0 Å². The molecule has 29 heavy (non-hydrogen) atoms. The van der Waals surface area contributed by atoms with Gasteiger partial charge in [0, 0.05) is 6.61 Å². The van der Waals surface area contributed by atoms with Gasteiger partial charge in [-0.2, -0.15) is 0 Å². The third kappa shape index (κ3) is 5.02. The second kappa shape index (κ2) is 9.49. The molecule has 1 aliphatic carbocycles. The Morgan fingerprint density at radius 2 is 1.66 bits per heavy atom. The Morgan fingerprint density at radius 1 is 1.03 bits per heavy atom. The van der Waals surface area contributed by atoms with Crippen LogP contribution in [0.15, 0.2) is 42.5 Å². The van der Waals surface area contributed by atoms with Crippen LogP contribution in [0.25, 0.3) is 0 Å². The van der Waals surface area contributed by atoms with E-state index in [1.165, 1.54) is 6.07 Å². The first-order chi connectivity index (χ1) is 13.9. The van der Waals surface area contributed by atoms with Crippen molar-refractivity contribution < 1.29 is 23.4 Å². The second-order valence-corrected chi connectivity index (χ2v) is 7.90. The van der Waals surface area contributed by atoms with Crippen LogP contribution in [0.1, 0.15) is 55.7 Å². The van der Waals surface area contributed by atoms with E-state index in [1.54, 1.807) is 6.07 Å². The summed E-state index contributed by atoms with van der Waals surface area (Å²) in [6, 6.07) is 11.7. The van der Waals surface area contributed by atoms with Crippen molar-refractivity contribution in [3.63, 3.8) is 0 Å². The molecular weight excluding hydrogens is 374 g/mol. The maximum Gasteiger partial charge on any atom is 0.314 e. The lowest BCUT2D eigenvalue weighted by molar-refractivity contribution is -0.146.